The van der Waals surface area contributed by atoms with Gasteiger partial charge in [0.2, 0.25) is 0 Å². The fourth-order valence-corrected chi connectivity index (χ4v) is 12.8. The van der Waals surface area contributed by atoms with Crippen LogP contribution in [0.2, 0.25) is 0 Å². The van der Waals surface area contributed by atoms with Gasteiger partial charge in [0.05, 0.1) is 18.8 Å². The van der Waals surface area contributed by atoms with Gasteiger partial charge in [0.1, 0.15) is 17.7 Å². The summed E-state index contributed by atoms with van der Waals surface area (Å²) in [6.07, 6.45) is 16.2. The third-order valence-electron chi connectivity index (χ3n) is 15.5. The predicted molar refractivity (Wildman–Crippen MR) is 196 cm³/mol. The maximum atomic E-state index is 14.5. The first-order valence-corrected chi connectivity index (χ1v) is 21.3. The number of quaternary nitrogens is 1. The molecule has 0 amide bonds. The lowest BCUT2D eigenvalue weighted by Gasteiger charge is -2.47. The fraction of sp³-hybridized carbons (Fsp3) is 0.907. The van der Waals surface area contributed by atoms with Crippen LogP contribution in [0.1, 0.15) is 135 Å². The van der Waals surface area contributed by atoms with E-state index in [1.165, 1.54) is 44.9 Å². The van der Waals surface area contributed by atoms with Crippen LogP contribution in [0.3, 0.4) is 0 Å². The van der Waals surface area contributed by atoms with Crippen LogP contribution in [0, 0.1) is 76.4 Å². The van der Waals surface area contributed by atoms with Gasteiger partial charge in [-0.05, 0) is 124 Å². The number of rotatable bonds is 8. The third kappa shape index (κ3) is 8.65. The van der Waals surface area contributed by atoms with Gasteiger partial charge in [0.25, 0.3) is 0 Å². The normalized spacial score (nSPS) is 41.9. The molecule has 0 aromatic heterocycles. The van der Waals surface area contributed by atoms with Gasteiger partial charge in [-0.15, -0.1) is 0 Å². The van der Waals surface area contributed by atoms with Crippen molar-refractivity contribution in [2.45, 2.75) is 160 Å². The molecule has 6 N–H and O–H groups in total. The van der Waals surface area contributed by atoms with Crippen LogP contribution in [0.4, 0.5) is 0 Å². The average molecular weight is 711 g/mol. The second kappa shape index (κ2) is 17.9. The molecule has 51 heavy (non-hydrogen) atoms. The molecule has 0 aromatic rings. The van der Waals surface area contributed by atoms with Crippen molar-refractivity contribution in [3.63, 3.8) is 0 Å². The van der Waals surface area contributed by atoms with E-state index in [0.29, 0.717) is 43.4 Å². The molecule has 8 nitrogen and oxygen atoms in total. The Labute approximate surface area is 308 Å². The Balaban J connectivity index is 1.45. The van der Waals surface area contributed by atoms with Gasteiger partial charge in [-0.2, -0.15) is 0 Å². The quantitative estimate of drug-likeness (QED) is 0.219. The van der Waals surface area contributed by atoms with Gasteiger partial charge in [-0.3, -0.25) is 5.73 Å². The van der Waals surface area contributed by atoms with E-state index in [1.54, 1.807) is 7.11 Å². The number of carbonyl (C=O) groups excluding carboxylic acids is 2. The molecule has 288 valence electrons. The van der Waals surface area contributed by atoms with Crippen LogP contribution in [0.5, 0.6) is 0 Å². The van der Waals surface area contributed by atoms with Crippen molar-refractivity contribution < 1.29 is 35.0 Å². The Kier molecular flexibility index (Phi) is 13.8. The van der Waals surface area contributed by atoms with Crippen LogP contribution in [-0.2, 0) is 14.3 Å². The monoisotopic (exact) mass is 711 g/mol. The molecule has 1 aliphatic heterocycles. The number of methoxy groups -OCH3 is 1. The summed E-state index contributed by atoms with van der Waals surface area (Å²) in [6.45, 7) is 3.29. The van der Waals surface area contributed by atoms with Crippen molar-refractivity contribution in [3.8, 4) is 11.8 Å². The van der Waals surface area contributed by atoms with Crippen LogP contribution >= 0.6 is 0 Å². The summed E-state index contributed by atoms with van der Waals surface area (Å²) in [5.41, 5.74) is 6.75. The van der Waals surface area contributed by atoms with E-state index in [2.05, 4.69) is 24.1 Å². The number of carbonyl (C=O) groups is 2. The van der Waals surface area contributed by atoms with E-state index in [9.17, 15) is 24.9 Å². The van der Waals surface area contributed by atoms with Crippen LogP contribution in [0.25, 0.3) is 0 Å². The number of hydrogen-bond donors (Lipinski definition) is 4. The number of hydrogen-bond acceptors (Lipinski definition) is 7. The van der Waals surface area contributed by atoms with Gasteiger partial charge >= 0.3 is 0 Å². The average Bonchev–Trinajstić information content (AvgIpc) is 3.57. The fourth-order valence-electron chi connectivity index (χ4n) is 12.8. The second-order valence-electron chi connectivity index (χ2n) is 18.2. The van der Waals surface area contributed by atoms with E-state index in [-0.39, 0.29) is 66.2 Å². The van der Waals surface area contributed by atoms with E-state index < -0.39 is 29.7 Å². The molecule has 0 bridgehead atoms. The van der Waals surface area contributed by atoms with Crippen LogP contribution in [-0.4, -0.2) is 66.5 Å². The minimum absolute atomic E-state index is 0.0628. The van der Waals surface area contributed by atoms with Crippen LogP contribution in [0.15, 0.2) is 0 Å². The van der Waals surface area contributed by atoms with Gasteiger partial charge < -0.3 is 35.0 Å². The van der Waals surface area contributed by atoms with Crippen LogP contribution < -0.4 is 16.2 Å². The highest BCUT2D eigenvalue weighted by atomic mass is 16.5. The first-order chi connectivity index (χ1) is 24.7. The standard InChI is InChI=1S/C43H69N2O6/c1-3-9-30(26-46)31-21-33(43(17-7-8-18-43)32-16-19-45-40(44)24-32)20-28-12-14-34(27-10-5-4-6-11-27)35-25-38(48)39(51-2)23-29(35)13-15-37(47)42(50)41(49)36(28)22-31/h27-36,38-40,42,45-46,48H,3-11,13,15-26,44H2,1-2H3/q-1/p+1/t28-,29?,30+,31-,32?,33-,34+,35?,36-,38?,39?,40?,42-/m0/s1. The summed E-state index contributed by atoms with van der Waals surface area (Å²) >= 11 is 0. The maximum absolute atomic E-state index is 14.5. The Morgan fingerprint density at radius 2 is 1.71 bits per heavy atom. The van der Waals surface area contributed by atoms with Crippen molar-refractivity contribution in [2.75, 3.05) is 20.3 Å². The molecule has 0 spiro atoms. The lowest BCUT2D eigenvalue weighted by atomic mass is 9.58. The van der Waals surface area contributed by atoms with Crippen molar-refractivity contribution in [1.29, 1.82) is 0 Å². The summed E-state index contributed by atoms with van der Waals surface area (Å²) in [4.78, 5) is 28.2. The predicted octanol–water partition coefficient (Wildman–Crippen LogP) is 4.13. The molecule has 0 radical (unpaired) electrons. The molecule has 6 aliphatic rings. The first kappa shape index (κ1) is 39.4. The number of ether oxygens (including phenoxy) is 1. The Bertz CT molecular complexity index is 1220. The summed E-state index contributed by atoms with van der Waals surface area (Å²) in [7, 11) is 1.65. The highest BCUT2D eigenvalue weighted by molar-refractivity contribution is 6.05. The zero-order valence-corrected chi connectivity index (χ0v) is 31.8. The maximum Gasteiger partial charge on any atom is 0.137 e. The van der Waals surface area contributed by atoms with E-state index in [0.717, 1.165) is 57.9 Å². The van der Waals surface area contributed by atoms with Crippen molar-refractivity contribution in [3.05, 3.63) is 0 Å². The van der Waals surface area contributed by atoms with E-state index >= 15 is 0 Å². The highest BCUT2D eigenvalue weighted by Crippen LogP contribution is 2.58. The number of Topliss-reactive ketones (excluding diaryl/α,β-unsaturated/α-hetero) is 2. The number of nitrogens with two attached hydrogens (primary N) is 2. The molecular weight excluding hydrogens is 640 g/mol. The molecule has 1 heterocycles. The number of aliphatic hydroxyl groups excluding tert-OH is 2. The van der Waals surface area contributed by atoms with Crippen molar-refractivity contribution in [1.82, 2.24) is 0 Å². The third-order valence-corrected chi connectivity index (χ3v) is 15.5. The zero-order chi connectivity index (χ0) is 36.1. The van der Waals surface area contributed by atoms with Gasteiger partial charge in [0.15, 0.2) is 0 Å². The largest absolute Gasteiger partial charge is 0.841 e. The van der Waals surface area contributed by atoms with Gasteiger partial charge in [-0.25, -0.2) is 0 Å². The molecule has 6 unspecified atom stereocenters. The molecule has 8 heteroatoms. The molecular formula is C43H70N2O6. The van der Waals surface area contributed by atoms with Crippen molar-refractivity contribution >= 4 is 11.6 Å². The lowest BCUT2D eigenvalue weighted by Crippen LogP contribution is -2.95. The molecule has 5 fully saturated rings. The number of ketones is 2. The molecule has 1 saturated heterocycles. The Morgan fingerprint density at radius 3 is 2.39 bits per heavy atom. The topological polar surface area (TPSA) is 150 Å². The van der Waals surface area contributed by atoms with Gasteiger partial charge in [-0.1, -0.05) is 57.3 Å². The minimum Gasteiger partial charge on any atom is -0.841 e. The molecule has 0 aromatic carbocycles. The number of piperidine rings is 1. The minimum atomic E-state index is -1.89. The Morgan fingerprint density at radius 1 is 0.941 bits per heavy atom. The number of aliphatic hydroxyl groups is 2. The zero-order valence-electron chi connectivity index (χ0n) is 31.8. The van der Waals surface area contributed by atoms with E-state index in [1.807, 2.05) is 0 Å². The summed E-state index contributed by atoms with van der Waals surface area (Å²) < 4.78 is 5.72. The molecule has 4 saturated carbocycles. The lowest BCUT2D eigenvalue weighted by molar-refractivity contribution is -0.700. The summed E-state index contributed by atoms with van der Waals surface area (Å²) in [5, 5.41) is 38.3. The van der Waals surface area contributed by atoms with E-state index in [4.69, 9.17) is 10.5 Å². The Hall–Kier alpha value is -1.34. The van der Waals surface area contributed by atoms with Gasteiger partial charge in [0, 0.05) is 50.7 Å². The molecule has 13 atom stereocenters. The SMILES string of the molecule is CCC[C@H](CO)[C@H]1C[C@@H](C2(C3CC[NH2+]C(N)C3)CCCC2)C[C@@H]2C#C[C@H](C3CCCCC3)C3CC(O)C(OC)CC3CCC(=O)[C@H]([O-])C(=O)[C@H]2C1. The molecule has 6 rings (SSSR count). The number of fused-ring (bicyclic) bond motifs is 2. The molecule has 5 aliphatic carbocycles. The van der Waals surface area contributed by atoms with Crippen molar-refractivity contribution in [2.24, 2.45) is 70.3 Å². The summed E-state index contributed by atoms with van der Waals surface area (Å²) in [5.74, 6) is 7.72. The smallest absolute Gasteiger partial charge is 0.137 e. The summed E-state index contributed by atoms with van der Waals surface area (Å²) in [6, 6.07) is 0. The first-order valence-electron chi connectivity index (χ1n) is 21.3. The highest BCUT2D eigenvalue weighted by Gasteiger charge is 2.52. The second-order valence-corrected chi connectivity index (χ2v) is 18.2.